The number of carbonyl (C=O) groups excluding carboxylic acids is 1. The molecule has 2 saturated heterocycles. The average molecular weight is 519 g/mol. The molecule has 0 saturated carbocycles. The van der Waals surface area contributed by atoms with Crippen molar-refractivity contribution in [1.29, 1.82) is 0 Å². The van der Waals surface area contributed by atoms with E-state index in [-0.39, 0.29) is 41.3 Å². The van der Waals surface area contributed by atoms with E-state index in [1.165, 1.54) is 0 Å². The summed E-state index contributed by atoms with van der Waals surface area (Å²) in [6.45, 7) is 6.19. The van der Waals surface area contributed by atoms with E-state index in [9.17, 15) is 21.6 Å². The Morgan fingerprint density at radius 1 is 0.886 bits per heavy atom. The lowest BCUT2D eigenvalue weighted by atomic mass is 9.87. The van der Waals surface area contributed by atoms with Gasteiger partial charge in [-0.15, -0.1) is 0 Å². The second kappa shape index (κ2) is 9.67. The van der Waals surface area contributed by atoms with Crippen LogP contribution < -0.4 is 4.72 Å². The van der Waals surface area contributed by atoms with Gasteiger partial charge in [-0.3, -0.25) is 4.79 Å². The fraction of sp³-hybridized carbons (Fsp3) is 0.500. The van der Waals surface area contributed by atoms with Crippen LogP contribution in [0.4, 0.5) is 0 Å². The molecule has 2 fully saturated rings. The predicted molar refractivity (Wildman–Crippen MR) is 135 cm³/mol. The zero-order valence-corrected chi connectivity index (χ0v) is 22.1. The molecule has 7 nitrogen and oxygen atoms in total. The summed E-state index contributed by atoms with van der Waals surface area (Å²) in [7, 11) is -7.17. The first kappa shape index (κ1) is 25.9. The minimum Gasteiger partial charge on any atom is -0.337 e. The molecule has 2 bridgehead atoms. The van der Waals surface area contributed by atoms with E-state index in [0.717, 1.165) is 18.4 Å². The van der Waals surface area contributed by atoms with Crippen LogP contribution >= 0.6 is 0 Å². The maximum Gasteiger partial charge on any atom is 0.240 e. The highest BCUT2D eigenvalue weighted by atomic mass is 32.2. The minimum absolute atomic E-state index is 0.00384. The normalized spacial score (nSPS) is 22.8. The molecular weight excluding hydrogens is 484 g/mol. The molecule has 2 aromatic rings. The summed E-state index contributed by atoms with van der Waals surface area (Å²) in [6.07, 6.45) is 2.45. The van der Waals surface area contributed by atoms with Crippen molar-refractivity contribution in [3.05, 3.63) is 60.2 Å². The van der Waals surface area contributed by atoms with E-state index in [4.69, 9.17) is 0 Å². The van der Waals surface area contributed by atoms with Crippen LogP contribution in [-0.2, 0) is 30.1 Å². The van der Waals surface area contributed by atoms with Gasteiger partial charge in [0.2, 0.25) is 15.9 Å². The number of fused-ring (bicyclic) bond motifs is 2. The van der Waals surface area contributed by atoms with Crippen LogP contribution in [0.3, 0.4) is 0 Å². The molecule has 0 aromatic heterocycles. The van der Waals surface area contributed by atoms with Crippen LogP contribution in [0, 0.1) is 0 Å². The average Bonchev–Trinajstić information content (AvgIpc) is 3.08. The van der Waals surface area contributed by atoms with E-state index in [2.05, 4.69) is 25.5 Å². The number of hydrogen-bond acceptors (Lipinski definition) is 5. The number of rotatable bonds is 7. The Hall–Kier alpha value is -2.23. The van der Waals surface area contributed by atoms with Crippen LogP contribution in [-0.4, -0.2) is 51.5 Å². The summed E-state index contributed by atoms with van der Waals surface area (Å²) < 4.78 is 54.1. The van der Waals surface area contributed by atoms with Crippen LogP contribution in [0.15, 0.2) is 64.4 Å². The molecule has 2 unspecified atom stereocenters. The van der Waals surface area contributed by atoms with Gasteiger partial charge in [0.25, 0.3) is 0 Å². The lowest BCUT2D eigenvalue weighted by Crippen LogP contribution is -2.50. The second-order valence-electron chi connectivity index (χ2n) is 10.6. The first-order valence-electron chi connectivity index (χ1n) is 12.1. The number of sulfone groups is 1. The minimum atomic E-state index is -3.72. The molecular formula is C26H34N2O5S2. The number of benzene rings is 2. The third-order valence-corrected chi connectivity index (χ3v) is 10.8. The summed E-state index contributed by atoms with van der Waals surface area (Å²) in [4.78, 5) is 15.3. The molecule has 35 heavy (non-hydrogen) atoms. The lowest BCUT2D eigenvalue weighted by molar-refractivity contribution is -0.135. The number of nitrogens with one attached hydrogen (secondary N) is 1. The molecule has 2 aliphatic heterocycles. The van der Waals surface area contributed by atoms with Crippen molar-refractivity contribution in [2.45, 2.75) is 85.4 Å². The van der Waals surface area contributed by atoms with Gasteiger partial charge in [-0.05, 0) is 60.9 Å². The predicted octanol–water partition coefficient (Wildman–Crippen LogP) is 3.65. The SMILES string of the molecule is CC(C)(C)c1ccc(S(=O)(=O)NCCC(=O)N2C3CCC2CC(S(=O)(=O)c2ccccc2)C3)cc1. The Bertz CT molecular complexity index is 1250. The van der Waals surface area contributed by atoms with Crippen molar-refractivity contribution in [3.8, 4) is 0 Å². The third-order valence-electron chi connectivity index (χ3n) is 7.15. The Labute approximate surface area is 208 Å². The molecule has 2 aromatic carbocycles. The number of nitrogens with zero attached hydrogens (tertiary/aromatic N) is 1. The highest BCUT2D eigenvalue weighted by molar-refractivity contribution is 7.92. The van der Waals surface area contributed by atoms with E-state index in [1.54, 1.807) is 42.5 Å². The first-order valence-corrected chi connectivity index (χ1v) is 15.1. The molecule has 1 N–H and O–H groups in total. The first-order chi connectivity index (χ1) is 16.4. The van der Waals surface area contributed by atoms with Gasteiger partial charge < -0.3 is 4.90 Å². The number of sulfonamides is 1. The number of hydrogen-bond donors (Lipinski definition) is 1. The van der Waals surface area contributed by atoms with E-state index in [1.807, 2.05) is 17.0 Å². The van der Waals surface area contributed by atoms with Crippen molar-refractivity contribution >= 4 is 25.8 Å². The van der Waals surface area contributed by atoms with Crippen LogP contribution in [0.1, 0.15) is 58.4 Å². The maximum absolute atomic E-state index is 13.1. The molecule has 9 heteroatoms. The Kier molecular flexibility index (Phi) is 7.14. The fourth-order valence-corrected chi connectivity index (χ4v) is 8.13. The van der Waals surface area contributed by atoms with Crippen LogP contribution in [0.2, 0.25) is 0 Å². The van der Waals surface area contributed by atoms with Crippen molar-refractivity contribution in [2.24, 2.45) is 0 Å². The van der Waals surface area contributed by atoms with E-state index < -0.39 is 25.1 Å². The van der Waals surface area contributed by atoms with E-state index in [0.29, 0.717) is 17.7 Å². The highest BCUT2D eigenvalue weighted by Crippen LogP contribution is 2.40. The van der Waals surface area contributed by atoms with Crippen LogP contribution in [0.5, 0.6) is 0 Å². The lowest BCUT2D eigenvalue weighted by Gasteiger charge is -2.38. The number of carbonyl (C=O) groups is 1. The molecule has 4 rings (SSSR count). The molecule has 0 spiro atoms. The third kappa shape index (κ3) is 5.47. The monoisotopic (exact) mass is 518 g/mol. The molecule has 0 radical (unpaired) electrons. The summed E-state index contributed by atoms with van der Waals surface area (Å²) in [5.41, 5.74) is 0.967. The Morgan fingerprint density at radius 2 is 1.46 bits per heavy atom. The van der Waals surface area contributed by atoms with Gasteiger partial charge in [0.1, 0.15) is 0 Å². The molecule has 1 amide bonds. The maximum atomic E-state index is 13.1. The van der Waals surface area contributed by atoms with Gasteiger partial charge in [0, 0.05) is 25.0 Å². The smallest absolute Gasteiger partial charge is 0.240 e. The van der Waals surface area contributed by atoms with Gasteiger partial charge in [-0.1, -0.05) is 51.1 Å². The standard InChI is InChI=1S/C26H34N2O5S2/c1-26(2,3)19-9-13-23(14-10-19)35(32,33)27-16-15-25(29)28-20-11-12-21(28)18-24(17-20)34(30,31)22-7-5-4-6-8-22/h4-10,13-14,20-21,24,27H,11-12,15-18H2,1-3H3. The number of amides is 1. The molecule has 190 valence electrons. The summed E-state index contributed by atoms with van der Waals surface area (Å²) in [5, 5.41) is -0.499. The summed E-state index contributed by atoms with van der Waals surface area (Å²) >= 11 is 0. The molecule has 2 atom stereocenters. The van der Waals surface area contributed by atoms with Crippen molar-refractivity contribution < 1.29 is 21.6 Å². The quantitative estimate of drug-likeness (QED) is 0.603. The van der Waals surface area contributed by atoms with Crippen molar-refractivity contribution in [3.63, 3.8) is 0 Å². The van der Waals surface area contributed by atoms with Gasteiger partial charge in [-0.25, -0.2) is 21.6 Å². The second-order valence-corrected chi connectivity index (χ2v) is 14.6. The van der Waals surface area contributed by atoms with Gasteiger partial charge in [0.15, 0.2) is 9.84 Å². The van der Waals surface area contributed by atoms with Gasteiger partial charge >= 0.3 is 0 Å². The molecule has 2 aliphatic rings. The van der Waals surface area contributed by atoms with Crippen molar-refractivity contribution in [2.75, 3.05) is 6.54 Å². The fourth-order valence-electron chi connectivity index (χ4n) is 5.23. The van der Waals surface area contributed by atoms with E-state index >= 15 is 0 Å². The number of piperidine rings is 1. The molecule has 0 aliphatic carbocycles. The Balaban J connectivity index is 1.35. The zero-order chi connectivity index (χ0) is 25.4. The largest absolute Gasteiger partial charge is 0.337 e. The van der Waals surface area contributed by atoms with Gasteiger partial charge in [-0.2, -0.15) is 0 Å². The Morgan fingerprint density at radius 3 is 2.00 bits per heavy atom. The van der Waals surface area contributed by atoms with Gasteiger partial charge in [0.05, 0.1) is 15.0 Å². The topological polar surface area (TPSA) is 101 Å². The summed E-state index contributed by atoms with van der Waals surface area (Å²) in [5.74, 6) is -0.126. The highest BCUT2D eigenvalue weighted by Gasteiger charge is 2.46. The van der Waals surface area contributed by atoms with Crippen LogP contribution in [0.25, 0.3) is 0 Å². The summed E-state index contributed by atoms with van der Waals surface area (Å²) in [6, 6.07) is 15.0. The molecule has 2 heterocycles. The van der Waals surface area contributed by atoms with Crippen molar-refractivity contribution in [1.82, 2.24) is 9.62 Å². The zero-order valence-electron chi connectivity index (χ0n) is 20.5.